The Morgan fingerprint density at radius 2 is 1.73 bits per heavy atom. The SMILES string of the molecule is O=C(O)C1(C2CCCCC2)CCN(Cc2ccccc2)CC1. The van der Waals surface area contributed by atoms with E-state index in [9.17, 15) is 9.90 Å². The molecule has 0 spiro atoms. The topological polar surface area (TPSA) is 40.5 Å². The first kappa shape index (κ1) is 15.5. The van der Waals surface area contributed by atoms with Crippen molar-refractivity contribution in [2.24, 2.45) is 11.3 Å². The van der Waals surface area contributed by atoms with Gasteiger partial charge in [-0.1, -0.05) is 49.6 Å². The average molecular weight is 301 g/mol. The predicted octanol–water partition coefficient (Wildman–Crippen LogP) is 3.93. The molecule has 1 N–H and O–H groups in total. The Labute approximate surface area is 133 Å². The van der Waals surface area contributed by atoms with Crippen molar-refractivity contribution in [3.8, 4) is 0 Å². The molecule has 22 heavy (non-hydrogen) atoms. The largest absolute Gasteiger partial charge is 0.481 e. The van der Waals surface area contributed by atoms with Gasteiger partial charge in [0.15, 0.2) is 0 Å². The number of hydrogen-bond acceptors (Lipinski definition) is 2. The van der Waals surface area contributed by atoms with Crippen molar-refractivity contribution in [3.05, 3.63) is 35.9 Å². The summed E-state index contributed by atoms with van der Waals surface area (Å²) in [7, 11) is 0. The molecule has 3 heteroatoms. The fourth-order valence-electron chi connectivity index (χ4n) is 4.40. The molecule has 0 aromatic heterocycles. The fraction of sp³-hybridized carbons (Fsp3) is 0.632. The van der Waals surface area contributed by atoms with E-state index in [-0.39, 0.29) is 0 Å². The summed E-state index contributed by atoms with van der Waals surface area (Å²) < 4.78 is 0. The summed E-state index contributed by atoms with van der Waals surface area (Å²) in [4.78, 5) is 14.4. The van der Waals surface area contributed by atoms with Crippen LogP contribution in [0.15, 0.2) is 30.3 Å². The van der Waals surface area contributed by atoms with Gasteiger partial charge < -0.3 is 5.11 Å². The Morgan fingerprint density at radius 1 is 1.09 bits per heavy atom. The number of likely N-dealkylation sites (tertiary alicyclic amines) is 1. The summed E-state index contributed by atoms with van der Waals surface area (Å²) in [5.74, 6) is -0.142. The van der Waals surface area contributed by atoms with Crippen LogP contribution in [0.25, 0.3) is 0 Å². The van der Waals surface area contributed by atoms with Crippen LogP contribution in [-0.4, -0.2) is 29.1 Å². The molecule has 0 unspecified atom stereocenters. The van der Waals surface area contributed by atoms with Gasteiger partial charge in [-0.3, -0.25) is 9.69 Å². The standard InChI is InChI=1S/C19H27NO2/c21-18(22)19(17-9-5-2-6-10-17)11-13-20(14-12-19)15-16-7-3-1-4-8-16/h1,3-4,7-8,17H,2,5-6,9-15H2,(H,21,22). The zero-order chi connectivity index (χ0) is 15.4. The monoisotopic (exact) mass is 301 g/mol. The number of hydrogen-bond donors (Lipinski definition) is 1. The first-order valence-electron chi connectivity index (χ1n) is 8.70. The lowest BCUT2D eigenvalue weighted by Gasteiger charge is -2.45. The van der Waals surface area contributed by atoms with Crippen molar-refractivity contribution in [2.75, 3.05) is 13.1 Å². The van der Waals surface area contributed by atoms with E-state index >= 15 is 0 Å². The second kappa shape index (κ2) is 6.82. The van der Waals surface area contributed by atoms with Crippen LogP contribution in [0, 0.1) is 11.3 Å². The Hall–Kier alpha value is -1.35. The van der Waals surface area contributed by atoms with Crippen molar-refractivity contribution < 1.29 is 9.90 Å². The van der Waals surface area contributed by atoms with Gasteiger partial charge in [-0.25, -0.2) is 0 Å². The molecule has 3 nitrogen and oxygen atoms in total. The highest BCUT2D eigenvalue weighted by Gasteiger charge is 2.47. The van der Waals surface area contributed by atoms with Crippen molar-refractivity contribution in [1.29, 1.82) is 0 Å². The van der Waals surface area contributed by atoms with Crippen LogP contribution in [0.2, 0.25) is 0 Å². The van der Waals surface area contributed by atoms with Crippen LogP contribution >= 0.6 is 0 Å². The van der Waals surface area contributed by atoms with Gasteiger partial charge in [0.25, 0.3) is 0 Å². The molecule has 2 fully saturated rings. The molecule has 2 aliphatic rings. The van der Waals surface area contributed by atoms with Gasteiger partial charge in [0.1, 0.15) is 0 Å². The molecule has 0 radical (unpaired) electrons. The first-order chi connectivity index (χ1) is 10.7. The molecule has 120 valence electrons. The number of piperidine rings is 1. The number of nitrogens with zero attached hydrogens (tertiary/aromatic N) is 1. The van der Waals surface area contributed by atoms with E-state index in [1.165, 1.54) is 24.8 Å². The number of rotatable bonds is 4. The van der Waals surface area contributed by atoms with E-state index in [0.29, 0.717) is 5.92 Å². The molecule has 0 amide bonds. The summed E-state index contributed by atoms with van der Waals surface area (Å²) in [6, 6.07) is 10.5. The van der Waals surface area contributed by atoms with Crippen LogP contribution < -0.4 is 0 Å². The van der Waals surface area contributed by atoms with Gasteiger partial charge in [0, 0.05) is 6.54 Å². The summed E-state index contributed by atoms with van der Waals surface area (Å²) in [5.41, 5.74) is 0.871. The van der Waals surface area contributed by atoms with Crippen molar-refractivity contribution in [1.82, 2.24) is 4.90 Å². The Bertz CT molecular complexity index is 485. The van der Waals surface area contributed by atoms with Gasteiger partial charge in [0.05, 0.1) is 5.41 Å². The normalized spacial score (nSPS) is 23.3. The highest BCUT2D eigenvalue weighted by Crippen LogP contribution is 2.46. The lowest BCUT2D eigenvalue weighted by molar-refractivity contribution is -0.158. The zero-order valence-electron chi connectivity index (χ0n) is 13.3. The van der Waals surface area contributed by atoms with E-state index in [4.69, 9.17) is 0 Å². The lowest BCUT2D eigenvalue weighted by atomic mass is 9.64. The Balaban J connectivity index is 1.63. The minimum absolute atomic E-state index is 0.401. The van der Waals surface area contributed by atoms with Crippen LogP contribution in [-0.2, 0) is 11.3 Å². The number of aliphatic carboxylic acids is 1. The molecule has 1 saturated carbocycles. The smallest absolute Gasteiger partial charge is 0.310 e. The Morgan fingerprint density at radius 3 is 2.32 bits per heavy atom. The third kappa shape index (κ3) is 3.19. The molecule has 0 bridgehead atoms. The zero-order valence-corrected chi connectivity index (χ0v) is 13.3. The highest BCUT2D eigenvalue weighted by molar-refractivity contribution is 5.75. The van der Waals surface area contributed by atoms with E-state index in [1.807, 2.05) is 6.07 Å². The van der Waals surface area contributed by atoms with Crippen LogP contribution in [0.4, 0.5) is 0 Å². The molecular formula is C19H27NO2. The van der Waals surface area contributed by atoms with E-state index in [0.717, 1.165) is 45.3 Å². The van der Waals surface area contributed by atoms with Gasteiger partial charge in [-0.05, 0) is 50.3 Å². The maximum Gasteiger partial charge on any atom is 0.310 e. The van der Waals surface area contributed by atoms with E-state index in [2.05, 4.69) is 29.2 Å². The molecule has 1 aliphatic carbocycles. The highest BCUT2D eigenvalue weighted by atomic mass is 16.4. The van der Waals surface area contributed by atoms with Crippen LogP contribution in [0.3, 0.4) is 0 Å². The second-order valence-electron chi connectivity index (χ2n) is 7.06. The average Bonchev–Trinajstić information content (AvgIpc) is 2.57. The number of carboxylic acids is 1. The molecule has 0 atom stereocenters. The maximum absolute atomic E-state index is 12.0. The Kier molecular flexibility index (Phi) is 4.82. The van der Waals surface area contributed by atoms with Crippen molar-refractivity contribution in [3.63, 3.8) is 0 Å². The fourth-order valence-corrected chi connectivity index (χ4v) is 4.40. The minimum Gasteiger partial charge on any atom is -0.481 e. The van der Waals surface area contributed by atoms with Gasteiger partial charge in [0.2, 0.25) is 0 Å². The molecule has 1 aromatic rings. The molecule has 1 saturated heterocycles. The second-order valence-corrected chi connectivity index (χ2v) is 7.06. The maximum atomic E-state index is 12.0. The third-order valence-electron chi connectivity index (χ3n) is 5.81. The quantitative estimate of drug-likeness (QED) is 0.916. The molecule has 1 aliphatic heterocycles. The molecule has 3 rings (SSSR count). The molecular weight excluding hydrogens is 274 g/mol. The molecule has 1 heterocycles. The lowest BCUT2D eigenvalue weighted by Crippen LogP contribution is -2.48. The minimum atomic E-state index is -0.543. The number of carboxylic acid groups (broad SMARTS) is 1. The summed E-state index contributed by atoms with van der Waals surface area (Å²) in [6.07, 6.45) is 7.59. The molecule has 1 aromatic carbocycles. The summed E-state index contributed by atoms with van der Waals surface area (Å²) >= 11 is 0. The number of carbonyl (C=O) groups is 1. The van der Waals surface area contributed by atoms with Gasteiger partial charge >= 0.3 is 5.97 Å². The summed E-state index contributed by atoms with van der Waals surface area (Å²) in [5, 5.41) is 9.90. The van der Waals surface area contributed by atoms with E-state index in [1.54, 1.807) is 0 Å². The van der Waals surface area contributed by atoms with Crippen molar-refractivity contribution in [2.45, 2.75) is 51.5 Å². The van der Waals surface area contributed by atoms with Crippen molar-refractivity contribution >= 4 is 5.97 Å². The van der Waals surface area contributed by atoms with Gasteiger partial charge in [-0.2, -0.15) is 0 Å². The third-order valence-corrected chi connectivity index (χ3v) is 5.81. The summed E-state index contributed by atoms with van der Waals surface area (Å²) in [6.45, 7) is 2.77. The van der Waals surface area contributed by atoms with Crippen LogP contribution in [0.5, 0.6) is 0 Å². The number of benzene rings is 1. The van der Waals surface area contributed by atoms with Gasteiger partial charge in [-0.15, -0.1) is 0 Å². The predicted molar refractivity (Wildman–Crippen MR) is 87.6 cm³/mol. The van der Waals surface area contributed by atoms with Crippen LogP contribution in [0.1, 0.15) is 50.5 Å². The first-order valence-corrected chi connectivity index (χ1v) is 8.70. The van der Waals surface area contributed by atoms with E-state index < -0.39 is 11.4 Å².